The van der Waals surface area contributed by atoms with E-state index >= 15 is 0 Å². The van der Waals surface area contributed by atoms with Crippen molar-refractivity contribution in [1.29, 1.82) is 0 Å². The Hall–Kier alpha value is -3.12. The van der Waals surface area contributed by atoms with Crippen molar-refractivity contribution < 1.29 is 9.47 Å². The van der Waals surface area contributed by atoms with E-state index in [2.05, 4.69) is 38.4 Å². The summed E-state index contributed by atoms with van der Waals surface area (Å²) in [6, 6.07) is 18.3. The van der Waals surface area contributed by atoms with Crippen LogP contribution >= 0.6 is 0 Å². The molecule has 1 fully saturated rings. The number of nitrogens with one attached hydrogen (secondary N) is 1. The molecule has 0 unspecified atom stereocenters. The quantitative estimate of drug-likeness (QED) is 0.638. The minimum Gasteiger partial charge on any atom is -0.489 e. The molecule has 1 aliphatic heterocycles. The lowest BCUT2D eigenvalue weighted by atomic mass is 10.1. The van der Waals surface area contributed by atoms with Crippen molar-refractivity contribution in [2.24, 2.45) is 0 Å². The zero-order valence-corrected chi connectivity index (χ0v) is 16.5. The molecular weight excluding hydrogens is 364 g/mol. The summed E-state index contributed by atoms with van der Waals surface area (Å²) in [5, 5.41) is 3.34. The lowest BCUT2D eigenvalue weighted by Crippen LogP contribution is -2.43. The first-order valence-electron chi connectivity index (χ1n) is 10.0. The summed E-state index contributed by atoms with van der Waals surface area (Å²) in [6.45, 7) is 4.87. The van der Waals surface area contributed by atoms with E-state index in [9.17, 15) is 0 Å². The van der Waals surface area contributed by atoms with Crippen LogP contribution in [-0.2, 0) is 13.0 Å². The highest BCUT2D eigenvalue weighted by atomic mass is 16.5. The number of hydrogen-bond donors (Lipinski definition) is 1. The Labute approximate surface area is 171 Å². The molecule has 6 nitrogen and oxygen atoms in total. The maximum absolute atomic E-state index is 6.03. The number of hydrogen-bond acceptors (Lipinski definition) is 6. The van der Waals surface area contributed by atoms with Gasteiger partial charge >= 0.3 is 0 Å². The van der Waals surface area contributed by atoms with Gasteiger partial charge in [0, 0.05) is 32.6 Å². The summed E-state index contributed by atoms with van der Waals surface area (Å²) in [4.78, 5) is 11.1. The SMILES string of the molecule is c1ccc(COc2ccccc2CCOc2cncc(N3CCNCC3)n2)cc1. The van der Waals surface area contributed by atoms with Crippen LogP contribution in [0.2, 0.25) is 0 Å². The third-order valence-corrected chi connectivity index (χ3v) is 4.87. The first-order valence-corrected chi connectivity index (χ1v) is 10.0. The van der Waals surface area contributed by atoms with E-state index in [1.54, 1.807) is 12.4 Å². The van der Waals surface area contributed by atoms with Gasteiger partial charge in [-0.25, -0.2) is 0 Å². The van der Waals surface area contributed by atoms with E-state index in [4.69, 9.17) is 9.47 Å². The van der Waals surface area contributed by atoms with E-state index < -0.39 is 0 Å². The number of ether oxygens (including phenoxy) is 2. The number of anilines is 1. The number of piperazine rings is 1. The van der Waals surface area contributed by atoms with Crippen LogP contribution in [-0.4, -0.2) is 42.8 Å². The Morgan fingerprint density at radius 2 is 1.69 bits per heavy atom. The van der Waals surface area contributed by atoms with Crippen LogP contribution in [0.4, 0.5) is 5.82 Å². The van der Waals surface area contributed by atoms with E-state index in [-0.39, 0.29) is 0 Å². The largest absolute Gasteiger partial charge is 0.489 e. The van der Waals surface area contributed by atoms with Crippen LogP contribution < -0.4 is 19.7 Å². The Bertz CT molecular complexity index is 898. The maximum Gasteiger partial charge on any atom is 0.234 e. The average molecular weight is 390 g/mol. The molecule has 1 N–H and O–H groups in total. The second-order valence-corrected chi connectivity index (χ2v) is 6.93. The van der Waals surface area contributed by atoms with Gasteiger partial charge < -0.3 is 19.7 Å². The van der Waals surface area contributed by atoms with Crippen LogP contribution in [0.15, 0.2) is 67.0 Å². The van der Waals surface area contributed by atoms with E-state index in [1.807, 2.05) is 36.4 Å². The predicted octanol–water partition coefficient (Wildman–Crippen LogP) is 3.09. The first kappa shape index (κ1) is 19.2. The fraction of sp³-hybridized carbons (Fsp3) is 0.304. The molecule has 1 aliphatic rings. The molecule has 0 bridgehead atoms. The van der Waals surface area contributed by atoms with Gasteiger partial charge in [-0.3, -0.25) is 4.98 Å². The zero-order chi connectivity index (χ0) is 19.7. The minimum atomic E-state index is 0.519. The van der Waals surface area contributed by atoms with Crippen molar-refractivity contribution >= 4 is 5.82 Å². The van der Waals surface area contributed by atoms with Crippen LogP contribution in [0.25, 0.3) is 0 Å². The molecule has 0 saturated carbocycles. The van der Waals surface area contributed by atoms with Gasteiger partial charge in [-0.1, -0.05) is 48.5 Å². The highest BCUT2D eigenvalue weighted by Crippen LogP contribution is 2.21. The van der Waals surface area contributed by atoms with Gasteiger partial charge in [0.1, 0.15) is 12.4 Å². The van der Waals surface area contributed by atoms with Crippen molar-refractivity contribution in [3.63, 3.8) is 0 Å². The Balaban J connectivity index is 1.33. The van der Waals surface area contributed by atoms with Gasteiger partial charge in [0.05, 0.1) is 19.0 Å². The van der Waals surface area contributed by atoms with Gasteiger partial charge in [0.25, 0.3) is 0 Å². The molecule has 29 heavy (non-hydrogen) atoms. The molecule has 1 saturated heterocycles. The Morgan fingerprint density at radius 3 is 2.55 bits per heavy atom. The fourth-order valence-corrected chi connectivity index (χ4v) is 3.31. The molecular formula is C23H26N4O2. The molecule has 2 aromatic carbocycles. The Kier molecular flexibility index (Phi) is 6.55. The molecule has 0 aliphatic carbocycles. The first-order chi connectivity index (χ1) is 14.4. The van der Waals surface area contributed by atoms with Gasteiger partial charge in [0.15, 0.2) is 5.82 Å². The predicted molar refractivity (Wildman–Crippen MR) is 114 cm³/mol. The fourth-order valence-electron chi connectivity index (χ4n) is 3.31. The monoisotopic (exact) mass is 390 g/mol. The smallest absolute Gasteiger partial charge is 0.234 e. The second-order valence-electron chi connectivity index (χ2n) is 6.93. The molecule has 1 aromatic heterocycles. The van der Waals surface area contributed by atoms with Gasteiger partial charge in [-0.15, -0.1) is 0 Å². The third kappa shape index (κ3) is 5.45. The summed E-state index contributed by atoms with van der Waals surface area (Å²) in [7, 11) is 0. The van der Waals surface area contributed by atoms with Gasteiger partial charge in [0.2, 0.25) is 5.88 Å². The number of rotatable bonds is 8. The highest BCUT2D eigenvalue weighted by Gasteiger charge is 2.13. The molecule has 3 aromatic rings. The summed E-state index contributed by atoms with van der Waals surface area (Å²) in [5.74, 6) is 2.32. The third-order valence-electron chi connectivity index (χ3n) is 4.87. The highest BCUT2D eigenvalue weighted by molar-refractivity contribution is 5.38. The van der Waals surface area contributed by atoms with Gasteiger partial charge in [-0.2, -0.15) is 4.98 Å². The second kappa shape index (κ2) is 9.89. The lowest BCUT2D eigenvalue weighted by Gasteiger charge is -2.28. The summed E-state index contributed by atoms with van der Waals surface area (Å²) >= 11 is 0. The van der Waals surface area contributed by atoms with E-state index in [1.165, 1.54) is 0 Å². The lowest BCUT2D eigenvalue weighted by molar-refractivity contribution is 0.289. The van der Waals surface area contributed by atoms with Crippen LogP contribution in [0.3, 0.4) is 0 Å². The molecule has 0 spiro atoms. The van der Waals surface area contributed by atoms with E-state index in [0.717, 1.165) is 55.3 Å². The van der Waals surface area contributed by atoms with Crippen molar-refractivity contribution in [3.05, 3.63) is 78.1 Å². The van der Waals surface area contributed by atoms with Crippen molar-refractivity contribution in [1.82, 2.24) is 15.3 Å². The normalized spacial score (nSPS) is 13.9. The van der Waals surface area contributed by atoms with E-state index in [0.29, 0.717) is 19.1 Å². The number of aromatic nitrogens is 2. The molecule has 4 rings (SSSR count). The van der Waals surface area contributed by atoms with Gasteiger partial charge in [-0.05, 0) is 17.2 Å². The van der Waals surface area contributed by atoms with Crippen molar-refractivity contribution in [2.45, 2.75) is 13.0 Å². The number of nitrogens with zero attached hydrogens (tertiary/aromatic N) is 3. The van der Waals surface area contributed by atoms with Crippen LogP contribution in [0, 0.1) is 0 Å². The Morgan fingerprint density at radius 1 is 0.897 bits per heavy atom. The maximum atomic E-state index is 6.03. The average Bonchev–Trinajstić information content (AvgIpc) is 2.80. The topological polar surface area (TPSA) is 59.5 Å². The van der Waals surface area contributed by atoms with Crippen LogP contribution in [0.5, 0.6) is 11.6 Å². The molecule has 0 atom stereocenters. The molecule has 150 valence electrons. The number of para-hydroxylation sites is 1. The van der Waals surface area contributed by atoms with Crippen LogP contribution in [0.1, 0.15) is 11.1 Å². The van der Waals surface area contributed by atoms with Crippen molar-refractivity contribution in [3.8, 4) is 11.6 Å². The van der Waals surface area contributed by atoms with Crippen molar-refractivity contribution in [2.75, 3.05) is 37.7 Å². The minimum absolute atomic E-state index is 0.519. The molecule has 0 radical (unpaired) electrons. The molecule has 6 heteroatoms. The number of benzene rings is 2. The summed E-state index contributed by atoms with van der Waals surface area (Å²) < 4.78 is 11.9. The standard InChI is InChI=1S/C23H26N4O2/c1-2-6-19(7-3-1)18-29-21-9-5-4-8-20(21)10-15-28-23-17-25-16-22(26-23)27-13-11-24-12-14-27/h1-9,16-17,24H,10-15,18H2. The molecule has 2 heterocycles. The zero-order valence-electron chi connectivity index (χ0n) is 16.5. The summed E-state index contributed by atoms with van der Waals surface area (Å²) in [5.41, 5.74) is 2.27. The summed E-state index contributed by atoms with van der Waals surface area (Å²) in [6.07, 6.45) is 4.21. The molecule has 0 amide bonds.